The highest BCUT2D eigenvalue weighted by Crippen LogP contribution is 2.42. The third kappa shape index (κ3) is 5.31. The van der Waals surface area contributed by atoms with Crippen molar-refractivity contribution < 1.29 is 4.74 Å². The van der Waals surface area contributed by atoms with E-state index >= 15 is 0 Å². The van der Waals surface area contributed by atoms with Gasteiger partial charge in [-0.25, -0.2) is 14.3 Å². The van der Waals surface area contributed by atoms with Gasteiger partial charge in [-0.05, 0) is 43.0 Å². The average Bonchev–Trinajstić information content (AvgIpc) is 3.54. The number of halogens is 1. The van der Waals surface area contributed by atoms with Crippen molar-refractivity contribution in [1.82, 2.24) is 24.5 Å². The van der Waals surface area contributed by atoms with Gasteiger partial charge in [0.05, 0.1) is 11.7 Å². The first-order valence-corrected chi connectivity index (χ1v) is 14.8. The Morgan fingerprint density at radius 1 is 0.705 bits per heavy atom. The molecule has 0 amide bonds. The second kappa shape index (κ2) is 11.9. The summed E-state index contributed by atoms with van der Waals surface area (Å²) in [4.78, 5) is 17.5. The van der Waals surface area contributed by atoms with E-state index < -0.39 is 11.1 Å². The van der Waals surface area contributed by atoms with Crippen LogP contribution in [0.3, 0.4) is 0 Å². The maximum atomic E-state index is 12.7. The number of hydrogen-bond donors (Lipinski definition) is 0. The van der Waals surface area contributed by atoms with E-state index in [0.717, 1.165) is 27.8 Å². The monoisotopic (exact) mass is 601 g/mol. The van der Waals surface area contributed by atoms with Crippen LogP contribution in [0.2, 0.25) is 5.02 Å². The third-order valence-corrected chi connectivity index (χ3v) is 7.92. The van der Waals surface area contributed by atoms with Gasteiger partial charge in [-0.2, -0.15) is 10.2 Å². The molecule has 2 heterocycles. The van der Waals surface area contributed by atoms with Crippen LogP contribution in [-0.4, -0.2) is 24.5 Å². The molecule has 6 rings (SSSR count). The molecule has 0 atom stereocenters. The Kier molecular flexibility index (Phi) is 7.89. The molecule has 0 unspecified atom stereocenters. The van der Waals surface area contributed by atoms with E-state index in [-0.39, 0.29) is 22.9 Å². The molecular weight excluding hydrogens is 570 g/mol. The maximum absolute atomic E-state index is 12.7. The number of hydrogen-bond acceptors (Lipinski definition) is 5. The summed E-state index contributed by atoms with van der Waals surface area (Å²) in [5.74, 6) is 0.964. The maximum Gasteiger partial charge on any atom is 0.289 e. The van der Waals surface area contributed by atoms with Gasteiger partial charge in [-0.15, -0.1) is 0 Å². The number of aromatic nitrogens is 5. The molecule has 0 saturated heterocycles. The minimum absolute atomic E-state index is 0.0127. The topological polar surface area (TPSA) is 74.8 Å². The van der Waals surface area contributed by atoms with Gasteiger partial charge in [0, 0.05) is 5.56 Å². The van der Waals surface area contributed by atoms with Crippen molar-refractivity contribution in [2.24, 2.45) is 0 Å². The predicted octanol–water partition coefficient (Wildman–Crippen LogP) is 7.33. The lowest BCUT2D eigenvalue weighted by atomic mass is 9.77. The molecule has 0 radical (unpaired) electrons. The van der Waals surface area contributed by atoms with E-state index in [1.807, 2.05) is 104 Å². The Hall–Kier alpha value is -5.01. The van der Waals surface area contributed by atoms with E-state index in [1.165, 1.54) is 10.9 Å². The minimum atomic E-state index is -0.783. The van der Waals surface area contributed by atoms with E-state index in [0.29, 0.717) is 5.82 Å². The molecule has 44 heavy (non-hydrogen) atoms. The number of nitrogens with zero attached hydrogens (tertiary/aromatic N) is 5. The van der Waals surface area contributed by atoms with Gasteiger partial charge in [0.1, 0.15) is 18.5 Å². The van der Waals surface area contributed by atoms with Crippen LogP contribution >= 0.6 is 11.6 Å². The van der Waals surface area contributed by atoms with Crippen molar-refractivity contribution in [3.8, 4) is 17.1 Å². The van der Waals surface area contributed by atoms with Gasteiger partial charge in [-0.3, -0.25) is 4.79 Å². The smallest absolute Gasteiger partial charge is 0.289 e. The lowest BCUT2D eigenvalue weighted by molar-refractivity contribution is 0.292. The SMILES string of the molecule is CC(C)(C)n1ncc(OCc2ccc(-c3ncnn3C(c3ccccc3)(c3ccccc3)c3ccccc3)cc2)c(Cl)c1=O. The standard InChI is InChI=1S/C36H32ClN5O2/c1-35(2,3)42-34(43)32(37)31(23-39-42)44-24-26-19-21-27(22-20-26)33-38-25-40-41(33)36(28-13-7-4-8-14-28,29-15-9-5-10-16-29)30-17-11-6-12-18-30/h4-23,25H,24H2,1-3H3. The number of rotatable bonds is 8. The van der Waals surface area contributed by atoms with E-state index in [9.17, 15) is 4.79 Å². The Labute approximate surface area is 261 Å². The lowest BCUT2D eigenvalue weighted by Gasteiger charge is -2.37. The molecule has 0 aliphatic heterocycles. The zero-order valence-electron chi connectivity index (χ0n) is 24.8. The van der Waals surface area contributed by atoms with Gasteiger partial charge < -0.3 is 4.74 Å². The minimum Gasteiger partial charge on any atom is -0.485 e. The van der Waals surface area contributed by atoms with Crippen LogP contribution in [-0.2, 0) is 17.7 Å². The number of benzene rings is 4. The molecule has 0 saturated carbocycles. The van der Waals surface area contributed by atoms with Crippen LogP contribution in [0.5, 0.6) is 5.75 Å². The number of ether oxygens (including phenoxy) is 1. The zero-order chi connectivity index (χ0) is 30.7. The van der Waals surface area contributed by atoms with Crippen LogP contribution < -0.4 is 10.3 Å². The second-order valence-corrected chi connectivity index (χ2v) is 11.9. The van der Waals surface area contributed by atoms with Crippen molar-refractivity contribution in [2.45, 2.75) is 38.5 Å². The van der Waals surface area contributed by atoms with E-state index in [4.69, 9.17) is 26.4 Å². The molecule has 8 heteroatoms. The first-order valence-electron chi connectivity index (χ1n) is 14.4. The van der Waals surface area contributed by atoms with Crippen molar-refractivity contribution in [3.05, 3.63) is 165 Å². The summed E-state index contributed by atoms with van der Waals surface area (Å²) < 4.78 is 9.28. The largest absolute Gasteiger partial charge is 0.485 e. The zero-order valence-corrected chi connectivity index (χ0v) is 25.5. The molecule has 6 aromatic rings. The fraction of sp³-hybridized carbons (Fsp3) is 0.167. The normalized spacial score (nSPS) is 11.8. The molecule has 2 aromatic heterocycles. The molecule has 0 N–H and O–H groups in total. The van der Waals surface area contributed by atoms with Gasteiger partial charge in [-0.1, -0.05) is 127 Å². The van der Waals surface area contributed by atoms with Crippen LogP contribution in [0.25, 0.3) is 11.4 Å². The second-order valence-electron chi connectivity index (χ2n) is 11.5. The quantitative estimate of drug-likeness (QED) is 0.171. The average molecular weight is 602 g/mol. The highest BCUT2D eigenvalue weighted by molar-refractivity contribution is 6.31. The van der Waals surface area contributed by atoms with Crippen molar-refractivity contribution in [1.29, 1.82) is 0 Å². The third-order valence-electron chi connectivity index (χ3n) is 7.57. The summed E-state index contributed by atoms with van der Waals surface area (Å²) in [6.07, 6.45) is 3.09. The Morgan fingerprint density at radius 3 is 1.73 bits per heavy atom. The summed E-state index contributed by atoms with van der Waals surface area (Å²) in [5.41, 5.74) is 3.32. The predicted molar refractivity (Wildman–Crippen MR) is 173 cm³/mol. The van der Waals surface area contributed by atoms with Crippen LogP contribution in [0.4, 0.5) is 0 Å². The van der Waals surface area contributed by atoms with Gasteiger partial charge in [0.25, 0.3) is 5.56 Å². The van der Waals surface area contributed by atoms with Gasteiger partial charge >= 0.3 is 0 Å². The fourth-order valence-corrected chi connectivity index (χ4v) is 5.68. The summed E-state index contributed by atoms with van der Waals surface area (Å²) in [7, 11) is 0. The van der Waals surface area contributed by atoms with E-state index in [2.05, 4.69) is 41.5 Å². The van der Waals surface area contributed by atoms with Crippen molar-refractivity contribution in [3.63, 3.8) is 0 Å². The molecule has 0 bridgehead atoms. The molecule has 0 spiro atoms. The molecule has 4 aromatic carbocycles. The van der Waals surface area contributed by atoms with Crippen LogP contribution in [0, 0.1) is 0 Å². The Balaban J connectivity index is 1.38. The molecule has 0 aliphatic carbocycles. The van der Waals surface area contributed by atoms with E-state index in [1.54, 1.807) is 6.33 Å². The molecule has 0 aliphatic rings. The first kappa shape index (κ1) is 29.1. The lowest BCUT2D eigenvalue weighted by Crippen LogP contribution is -2.39. The summed E-state index contributed by atoms with van der Waals surface area (Å²) in [6, 6.07) is 39.1. The molecule has 7 nitrogen and oxygen atoms in total. The molecule has 220 valence electrons. The Bertz CT molecular complexity index is 1820. The molecule has 0 fully saturated rings. The summed E-state index contributed by atoms with van der Waals surface area (Å²) in [5, 5.41) is 9.13. The first-order chi connectivity index (χ1) is 21.3. The van der Waals surface area contributed by atoms with Crippen LogP contribution in [0.1, 0.15) is 43.0 Å². The summed E-state index contributed by atoms with van der Waals surface area (Å²) in [6.45, 7) is 5.90. The highest BCUT2D eigenvalue weighted by Gasteiger charge is 2.41. The van der Waals surface area contributed by atoms with Crippen molar-refractivity contribution in [2.75, 3.05) is 0 Å². The van der Waals surface area contributed by atoms with Gasteiger partial charge in [0.2, 0.25) is 0 Å². The fourth-order valence-electron chi connectivity index (χ4n) is 5.50. The highest BCUT2D eigenvalue weighted by atomic mass is 35.5. The molecular formula is C36H32ClN5O2. The van der Waals surface area contributed by atoms with Crippen LogP contribution in [0.15, 0.2) is 133 Å². The van der Waals surface area contributed by atoms with Crippen molar-refractivity contribution >= 4 is 11.6 Å². The van der Waals surface area contributed by atoms with Gasteiger partial charge in [0.15, 0.2) is 16.6 Å². The summed E-state index contributed by atoms with van der Waals surface area (Å²) >= 11 is 6.36. The Morgan fingerprint density at radius 2 is 1.23 bits per heavy atom.